The second-order valence-corrected chi connectivity index (χ2v) is 6.26. The number of carboxylic acid groups (broad SMARTS) is 1. The summed E-state index contributed by atoms with van der Waals surface area (Å²) in [6.07, 6.45) is 1.93. The van der Waals surface area contributed by atoms with Crippen molar-refractivity contribution in [2.75, 3.05) is 19.3 Å². The normalized spacial score (nSPS) is 22.1. The Balaban J connectivity index is 2.22. The van der Waals surface area contributed by atoms with Gasteiger partial charge >= 0.3 is 5.97 Å². The predicted molar refractivity (Wildman–Crippen MR) is 79.4 cm³/mol. The van der Waals surface area contributed by atoms with Crippen LogP contribution in [0.1, 0.15) is 17.3 Å². The maximum Gasteiger partial charge on any atom is 0.308 e. The number of benzene rings is 1. The number of carboxylic acids is 1. The molecule has 0 spiro atoms. The molecule has 1 amide bonds. The van der Waals surface area contributed by atoms with Crippen LogP contribution < -0.4 is 0 Å². The fourth-order valence-corrected chi connectivity index (χ4v) is 3.06. The van der Waals surface area contributed by atoms with Crippen molar-refractivity contribution in [1.29, 1.82) is 0 Å². The Morgan fingerprint density at radius 1 is 1.40 bits per heavy atom. The minimum absolute atomic E-state index is 0.0426. The van der Waals surface area contributed by atoms with Gasteiger partial charge in [0, 0.05) is 18.0 Å². The molecule has 0 bridgehead atoms. The molecule has 4 nitrogen and oxygen atoms in total. The van der Waals surface area contributed by atoms with E-state index in [0.717, 1.165) is 4.90 Å². The summed E-state index contributed by atoms with van der Waals surface area (Å²) in [5, 5.41) is 9.53. The van der Waals surface area contributed by atoms with Gasteiger partial charge in [-0.25, -0.2) is 0 Å². The maximum absolute atomic E-state index is 12.5. The van der Waals surface area contributed by atoms with E-state index in [1.807, 2.05) is 19.2 Å². The molecule has 1 heterocycles. The third kappa shape index (κ3) is 2.94. The Hall–Kier alpha value is -1.20. The lowest BCUT2D eigenvalue weighted by molar-refractivity contribution is -0.142. The molecule has 20 heavy (non-hydrogen) atoms. The number of carbonyl (C=O) groups is 2. The van der Waals surface area contributed by atoms with Gasteiger partial charge in [-0.05, 0) is 30.4 Å². The summed E-state index contributed by atoms with van der Waals surface area (Å²) in [7, 11) is 0. The molecule has 0 radical (unpaired) electrons. The molecule has 1 aromatic rings. The summed E-state index contributed by atoms with van der Waals surface area (Å²) in [6.45, 7) is 2.55. The number of thioether (sulfide) groups is 1. The first-order valence-electron chi connectivity index (χ1n) is 6.29. The van der Waals surface area contributed by atoms with E-state index in [2.05, 4.69) is 0 Å². The second-order valence-electron chi connectivity index (χ2n) is 4.98. The highest BCUT2D eigenvalue weighted by Crippen LogP contribution is 2.28. The third-order valence-electron chi connectivity index (χ3n) is 3.62. The fourth-order valence-electron chi connectivity index (χ4n) is 2.42. The molecule has 2 unspecified atom stereocenters. The number of hydrogen-bond acceptors (Lipinski definition) is 3. The van der Waals surface area contributed by atoms with Crippen molar-refractivity contribution < 1.29 is 14.7 Å². The van der Waals surface area contributed by atoms with Crippen molar-refractivity contribution in [3.05, 3.63) is 28.8 Å². The van der Waals surface area contributed by atoms with Crippen LogP contribution in [-0.4, -0.2) is 41.2 Å². The standard InChI is InChI=1S/C14H16ClNO3S/c1-8-6-16(7-11(8)14(18)19)13(17)10-5-9(20-2)3-4-12(10)15/h3-5,8,11H,6-7H2,1-2H3,(H,18,19). The molecule has 108 valence electrons. The Morgan fingerprint density at radius 3 is 2.65 bits per heavy atom. The number of halogens is 1. The number of amides is 1. The van der Waals surface area contributed by atoms with Crippen LogP contribution in [0.25, 0.3) is 0 Å². The van der Waals surface area contributed by atoms with Crippen LogP contribution >= 0.6 is 23.4 Å². The average molecular weight is 314 g/mol. The van der Waals surface area contributed by atoms with E-state index >= 15 is 0 Å². The minimum Gasteiger partial charge on any atom is -0.481 e. The number of nitrogens with zero attached hydrogens (tertiary/aromatic N) is 1. The fraction of sp³-hybridized carbons (Fsp3) is 0.429. The van der Waals surface area contributed by atoms with Gasteiger partial charge in [-0.2, -0.15) is 0 Å². The summed E-state index contributed by atoms with van der Waals surface area (Å²) in [6, 6.07) is 5.32. The average Bonchev–Trinajstić information content (AvgIpc) is 2.81. The van der Waals surface area contributed by atoms with Gasteiger partial charge in [0.05, 0.1) is 16.5 Å². The predicted octanol–water partition coefficient (Wildman–Crippen LogP) is 2.85. The highest BCUT2D eigenvalue weighted by molar-refractivity contribution is 7.98. The van der Waals surface area contributed by atoms with E-state index < -0.39 is 11.9 Å². The molecular formula is C14H16ClNO3S. The molecule has 0 saturated carbocycles. The molecular weight excluding hydrogens is 298 g/mol. The Morgan fingerprint density at radius 2 is 2.10 bits per heavy atom. The van der Waals surface area contributed by atoms with E-state index in [1.165, 1.54) is 11.8 Å². The summed E-state index contributed by atoms with van der Waals surface area (Å²) >= 11 is 7.62. The lowest BCUT2D eigenvalue weighted by atomic mass is 9.99. The third-order valence-corrected chi connectivity index (χ3v) is 4.68. The van der Waals surface area contributed by atoms with E-state index in [0.29, 0.717) is 17.1 Å². The molecule has 0 aliphatic carbocycles. The van der Waals surface area contributed by atoms with Crippen LogP contribution in [-0.2, 0) is 4.79 Å². The minimum atomic E-state index is -0.850. The molecule has 2 atom stereocenters. The SMILES string of the molecule is CSc1ccc(Cl)c(C(=O)N2CC(C)C(C(=O)O)C2)c1. The number of aliphatic carboxylic acids is 1. The van der Waals surface area contributed by atoms with Crippen molar-refractivity contribution in [3.63, 3.8) is 0 Å². The van der Waals surface area contributed by atoms with Crippen LogP contribution in [0.15, 0.2) is 23.1 Å². The van der Waals surface area contributed by atoms with Crippen LogP contribution in [0, 0.1) is 11.8 Å². The first-order valence-corrected chi connectivity index (χ1v) is 7.90. The number of hydrogen-bond donors (Lipinski definition) is 1. The first-order chi connectivity index (χ1) is 9.43. The van der Waals surface area contributed by atoms with Crippen LogP contribution in [0.2, 0.25) is 5.02 Å². The molecule has 6 heteroatoms. The molecule has 2 rings (SSSR count). The van der Waals surface area contributed by atoms with Gasteiger partial charge in [-0.15, -0.1) is 11.8 Å². The largest absolute Gasteiger partial charge is 0.481 e. The zero-order valence-corrected chi connectivity index (χ0v) is 12.9. The van der Waals surface area contributed by atoms with Gasteiger partial charge in [-0.3, -0.25) is 9.59 Å². The van der Waals surface area contributed by atoms with Crippen LogP contribution in [0.5, 0.6) is 0 Å². The molecule has 1 aliphatic heterocycles. The van der Waals surface area contributed by atoms with Crippen molar-refractivity contribution in [1.82, 2.24) is 4.90 Å². The smallest absolute Gasteiger partial charge is 0.308 e. The lowest BCUT2D eigenvalue weighted by Gasteiger charge is -2.17. The quantitative estimate of drug-likeness (QED) is 0.872. The van der Waals surface area contributed by atoms with E-state index in [9.17, 15) is 9.59 Å². The van der Waals surface area contributed by atoms with Crippen LogP contribution in [0.3, 0.4) is 0 Å². The van der Waals surface area contributed by atoms with E-state index in [-0.39, 0.29) is 18.4 Å². The number of likely N-dealkylation sites (tertiary alicyclic amines) is 1. The van der Waals surface area contributed by atoms with Gasteiger partial charge in [0.1, 0.15) is 0 Å². The molecule has 0 aromatic heterocycles. The summed E-state index contributed by atoms with van der Waals surface area (Å²) in [4.78, 5) is 26.1. The summed E-state index contributed by atoms with van der Waals surface area (Å²) in [5.41, 5.74) is 0.441. The monoisotopic (exact) mass is 313 g/mol. The highest BCUT2D eigenvalue weighted by atomic mass is 35.5. The van der Waals surface area contributed by atoms with E-state index in [4.69, 9.17) is 16.7 Å². The zero-order chi connectivity index (χ0) is 14.9. The molecule has 1 fully saturated rings. The molecule has 1 N–H and O–H groups in total. The Kier molecular flexibility index (Phi) is 4.60. The molecule has 1 aromatic carbocycles. The Bertz CT molecular complexity index is 549. The first kappa shape index (κ1) is 15.2. The van der Waals surface area contributed by atoms with Crippen molar-refractivity contribution in [3.8, 4) is 0 Å². The van der Waals surface area contributed by atoms with E-state index in [1.54, 1.807) is 17.0 Å². The van der Waals surface area contributed by atoms with Crippen molar-refractivity contribution >= 4 is 35.2 Å². The summed E-state index contributed by atoms with van der Waals surface area (Å²) in [5.74, 6) is -1.58. The van der Waals surface area contributed by atoms with Gasteiger partial charge < -0.3 is 10.0 Å². The number of carbonyl (C=O) groups excluding carboxylic acids is 1. The number of rotatable bonds is 3. The van der Waals surface area contributed by atoms with Gasteiger partial charge in [0.25, 0.3) is 5.91 Å². The van der Waals surface area contributed by atoms with Crippen molar-refractivity contribution in [2.24, 2.45) is 11.8 Å². The summed E-state index contributed by atoms with van der Waals surface area (Å²) < 4.78 is 0. The topological polar surface area (TPSA) is 57.6 Å². The molecule has 1 saturated heterocycles. The van der Waals surface area contributed by atoms with Gasteiger partial charge in [0.15, 0.2) is 0 Å². The van der Waals surface area contributed by atoms with Gasteiger partial charge in [0.2, 0.25) is 0 Å². The lowest BCUT2D eigenvalue weighted by Crippen LogP contribution is -2.30. The van der Waals surface area contributed by atoms with Gasteiger partial charge in [-0.1, -0.05) is 18.5 Å². The Labute approximate surface area is 127 Å². The molecule has 1 aliphatic rings. The maximum atomic E-state index is 12.5. The second kappa shape index (κ2) is 6.06. The highest BCUT2D eigenvalue weighted by Gasteiger charge is 2.37. The van der Waals surface area contributed by atoms with Crippen LogP contribution in [0.4, 0.5) is 0 Å². The van der Waals surface area contributed by atoms with Crippen molar-refractivity contribution in [2.45, 2.75) is 11.8 Å². The zero-order valence-electron chi connectivity index (χ0n) is 11.3.